The van der Waals surface area contributed by atoms with Gasteiger partial charge in [-0.1, -0.05) is 46.4 Å². The lowest BCUT2D eigenvalue weighted by molar-refractivity contribution is 0.291. The minimum absolute atomic E-state index is 0.108. The van der Waals surface area contributed by atoms with Gasteiger partial charge in [0, 0.05) is 18.3 Å². The van der Waals surface area contributed by atoms with E-state index in [2.05, 4.69) is 50.1 Å². The number of H-pyrrole nitrogens is 1. The van der Waals surface area contributed by atoms with Gasteiger partial charge >= 0.3 is 5.69 Å². The third-order valence-electron chi connectivity index (χ3n) is 3.24. The summed E-state index contributed by atoms with van der Waals surface area (Å²) in [7, 11) is 0. The molecule has 0 spiro atoms. The van der Waals surface area contributed by atoms with Crippen LogP contribution in [0.15, 0.2) is 9.95 Å². The molecule has 0 aromatic carbocycles. The summed E-state index contributed by atoms with van der Waals surface area (Å²) in [5.74, 6) is 0.914. The van der Waals surface area contributed by atoms with Gasteiger partial charge in [-0.15, -0.1) is 5.10 Å². The van der Waals surface area contributed by atoms with Gasteiger partial charge in [0.2, 0.25) is 0 Å². The number of nitrogens with one attached hydrogen (secondary N) is 2. The summed E-state index contributed by atoms with van der Waals surface area (Å²) in [5, 5.41) is 11.1. The van der Waals surface area contributed by atoms with Crippen LogP contribution >= 0.6 is 11.8 Å². The Morgan fingerprint density at radius 3 is 2.60 bits per heavy atom. The zero-order valence-corrected chi connectivity index (χ0v) is 14.1. The largest absolute Gasteiger partial charge is 0.343 e. The molecule has 2 N–H and O–H groups in total. The molecule has 5 nitrogen and oxygen atoms in total. The SMILES string of the molecule is CCCNC(CSc1n[nH]c(=O)n1CCC)C(C)(C)C. The van der Waals surface area contributed by atoms with E-state index in [-0.39, 0.29) is 11.1 Å². The smallest absolute Gasteiger partial charge is 0.313 e. The third-order valence-corrected chi connectivity index (χ3v) is 4.31. The summed E-state index contributed by atoms with van der Waals surface area (Å²) in [6.07, 6.45) is 2.06. The first kappa shape index (κ1) is 17.3. The summed E-state index contributed by atoms with van der Waals surface area (Å²) in [5.41, 5.74) is 0.0807. The van der Waals surface area contributed by atoms with Gasteiger partial charge in [-0.05, 0) is 24.8 Å². The fraction of sp³-hybridized carbons (Fsp3) is 0.857. The maximum Gasteiger partial charge on any atom is 0.343 e. The van der Waals surface area contributed by atoms with E-state index < -0.39 is 0 Å². The van der Waals surface area contributed by atoms with E-state index in [1.54, 1.807) is 16.3 Å². The molecule has 20 heavy (non-hydrogen) atoms. The van der Waals surface area contributed by atoms with E-state index in [9.17, 15) is 4.79 Å². The molecule has 0 aliphatic carbocycles. The Hall–Kier alpha value is -0.750. The van der Waals surface area contributed by atoms with Crippen molar-refractivity contribution >= 4 is 11.8 Å². The quantitative estimate of drug-likeness (QED) is 0.724. The van der Waals surface area contributed by atoms with Crippen molar-refractivity contribution in [2.45, 2.75) is 65.2 Å². The molecule has 0 saturated carbocycles. The van der Waals surface area contributed by atoms with Crippen LogP contribution in [0.1, 0.15) is 47.5 Å². The van der Waals surface area contributed by atoms with Crippen molar-refractivity contribution in [3.8, 4) is 0 Å². The minimum Gasteiger partial charge on any atom is -0.313 e. The van der Waals surface area contributed by atoms with Crippen molar-refractivity contribution in [1.82, 2.24) is 20.1 Å². The van der Waals surface area contributed by atoms with Crippen LogP contribution in [0.3, 0.4) is 0 Å². The van der Waals surface area contributed by atoms with Crippen LogP contribution < -0.4 is 11.0 Å². The fourth-order valence-electron chi connectivity index (χ4n) is 1.93. The lowest BCUT2D eigenvalue weighted by Crippen LogP contribution is -2.42. The van der Waals surface area contributed by atoms with Crippen LogP contribution in [0.25, 0.3) is 0 Å². The average molecular weight is 300 g/mol. The molecule has 1 unspecified atom stereocenters. The van der Waals surface area contributed by atoms with E-state index >= 15 is 0 Å². The van der Waals surface area contributed by atoms with Gasteiger partial charge in [0.05, 0.1) is 0 Å². The lowest BCUT2D eigenvalue weighted by Gasteiger charge is -2.31. The van der Waals surface area contributed by atoms with Gasteiger partial charge in [-0.2, -0.15) is 0 Å². The summed E-state index contributed by atoms with van der Waals surface area (Å²) >= 11 is 1.65. The van der Waals surface area contributed by atoms with Gasteiger partial charge in [0.25, 0.3) is 0 Å². The van der Waals surface area contributed by atoms with Gasteiger partial charge in [0.1, 0.15) is 0 Å². The molecule has 1 heterocycles. The highest BCUT2D eigenvalue weighted by molar-refractivity contribution is 7.99. The second-order valence-electron chi connectivity index (χ2n) is 6.15. The highest BCUT2D eigenvalue weighted by Crippen LogP contribution is 2.25. The summed E-state index contributed by atoms with van der Waals surface area (Å²) in [4.78, 5) is 11.7. The average Bonchev–Trinajstić information content (AvgIpc) is 2.70. The monoisotopic (exact) mass is 300 g/mol. The Morgan fingerprint density at radius 1 is 1.35 bits per heavy atom. The molecule has 1 rings (SSSR count). The second kappa shape index (κ2) is 7.88. The normalized spacial score (nSPS) is 13.7. The van der Waals surface area contributed by atoms with Crippen LogP contribution in [0, 0.1) is 5.41 Å². The zero-order valence-electron chi connectivity index (χ0n) is 13.3. The molecule has 0 radical (unpaired) electrons. The van der Waals surface area contributed by atoms with Gasteiger partial charge in [-0.25, -0.2) is 9.89 Å². The molecule has 0 fully saturated rings. The number of aromatic nitrogens is 3. The standard InChI is InChI=1S/C14H28N4OS/c1-6-8-15-11(14(3,4)5)10-20-13-17-16-12(19)18(13)9-7-2/h11,15H,6-10H2,1-5H3,(H,16,19). The van der Waals surface area contributed by atoms with E-state index in [0.29, 0.717) is 6.04 Å². The molecule has 0 aliphatic rings. The van der Waals surface area contributed by atoms with Crippen LogP contribution in [0.5, 0.6) is 0 Å². The fourth-order valence-corrected chi connectivity index (χ4v) is 3.30. The number of hydrogen-bond donors (Lipinski definition) is 2. The maximum absolute atomic E-state index is 11.7. The molecule has 0 saturated heterocycles. The van der Waals surface area contributed by atoms with E-state index in [1.165, 1.54) is 0 Å². The first-order valence-corrected chi connectivity index (χ1v) is 8.40. The second-order valence-corrected chi connectivity index (χ2v) is 7.13. The third kappa shape index (κ3) is 4.98. The van der Waals surface area contributed by atoms with Crippen molar-refractivity contribution in [2.24, 2.45) is 5.41 Å². The zero-order chi connectivity index (χ0) is 15.2. The highest BCUT2D eigenvalue weighted by Gasteiger charge is 2.24. The number of thioether (sulfide) groups is 1. The summed E-state index contributed by atoms with van der Waals surface area (Å²) < 4.78 is 1.73. The van der Waals surface area contributed by atoms with Crippen molar-refractivity contribution in [2.75, 3.05) is 12.3 Å². The van der Waals surface area contributed by atoms with Crippen molar-refractivity contribution in [3.63, 3.8) is 0 Å². The van der Waals surface area contributed by atoms with Gasteiger partial charge in [-0.3, -0.25) is 4.57 Å². The molecular formula is C14H28N4OS. The molecule has 6 heteroatoms. The molecule has 1 aromatic heterocycles. The molecule has 0 aliphatic heterocycles. The van der Waals surface area contributed by atoms with Gasteiger partial charge < -0.3 is 5.32 Å². The predicted molar refractivity (Wildman–Crippen MR) is 85.4 cm³/mol. The molecule has 0 bridgehead atoms. The predicted octanol–water partition coefficient (Wildman–Crippen LogP) is 2.49. The van der Waals surface area contributed by atoms with Crippen LogP contribution in [0.2, 0.25) is 0 Å². The van der Waals surface area contributed by atoms with Crippen molar-refractivity contribution in [1.29, 1.82) is 0 Å². The molecule has 1 aromatic rings. The minimum atomic E-state index is -0.108. The number of rotatable bonds is 8. The Bertz CT molecular complexity index is 447. The topological polar surface area (TPSA) is 62.7 Å². The maximum atomic E-state index is 11.7. The Morgan fingerprint density at radius 2 is 2.05 bits per heavy atom. The molecule has 1 atom stereocenters. The van der Waals surface area contributed by atoms with Gasteiger partial charge in [0.15, 0.2) is 5.16 Å². The Kier molecular flexibility index (Phi) is 6.82. The van der Waals surface area contributed by atoms with E-state index in [0.717, 1.165) is 36.8 Å². The number of nitrogens with zero attached hydrogens (tertiary/aromatic N) is 2. The molecule has 116 valence electrons. The van der Waals surface area contributed by atoms with E-state index in [4.69, 9.17) is 0 Å². The Balaban J connectivity index is 2.70. The summed E-state index contributed by atoms with van der Waals surface area (Å²) in [6.45, 7) is 12.7. The van der Waals surface area contributed by atoms with Crippen LogP contribution in [0.4, 0.5) is 0 Å². The molecule has 0 amide bonds. The van der Waals surface area contributed by atoms with E-state index in [1.807, 2.05) is 0 Å². The first-order valence-electron chi connectivity index (χ1n) is 7.41. The summed E-state index contributed by atoms with van der Waals surface area (Å²) in [6, 6.07) is 0.398. The lowest BCUT2D eigenvalue weighted by atomic mass is 9.88. The Labute approximate surface area is 125 Å². The van der Waals surface area contributed by atoms with Crippen LogP contribution in [-0.4, -0.2) is 33.1 Å². The first-order chi connectivity index (χ1) is 9.40. The number of aromatic amines is 1. The van der Waals surface area contributed by atoms with Crippen molar-refractivity contribution < 1.29 is 0 Å². The van der Waals surface area contributed by atoms with Crippen LogP contribution in [-0.2, 0) is 6.54 Å². The number of hydrogen-bond acceptors (Lipinski definition) is 4. The highest BCUT2D eigenvalue weighted by atomic mass is 32.2. The van der Waals surface area contributed by atoms with Crippen molar-refractivity contribution in [3.05, 3.63) is 10.5 Å². The molecular weight excluding hydrogens is 272 g/mol.